The summed E-state index contributed by atoms with van der Waals surface area (Å²) in [5.74, 6) is -1.20. The van der Waals surface area contributed by atoms with Gasteiger partial charge < -0.3 is 14.4 Å². The highest BCUT2D eigenvalue weighted by atomic mass is 19.4. The van der Waals surface area contributed by atoms with E-state index in [-0.39, 0.29) is 17.6 Å². The van der Waals surface area contributed by atoms with Crippen molar-refractivity contribution < 1.29 is 22.5 Å². The van der Waals surface area contributed by atoms with Gasteiger partial charge in [0.05, 0.1) is 0 Å². The minimum absolute atomic E-state index is 0.103. The molecule has 3 aromatic rings. The Morgan fingerprint density at radius 2 is 2.14 bits per heavy atom. The van der Waals surface area contributed by atoms with Crippen molar-refractivity contribution >= 4 is 16.8 Å². The molecular weight excluding hydrogens is 373 g/mol. The summed E-state index contributed by atoms with van der Waals surface area (Å²) in [6.07, 6.45) is 0.338. The van der Waals surface area contributed by atoms with Gasteiger partial charge in [0.25, 0.3) is 0 Å². The number of carbonyl (C=O) groups is 1. The second-order valence-electron chi connectivity index (χ2n) is 7.08. The number of hydrogen-bond acceptors (Lipinski definition) is 4. The molecule has 2 aromatic heterocycles. The molecule has 1 aliphatic carbocycles. The summed E-state index contributed by atoms with van der Waals surface area (Å²) in [5.41, 5.74) is 2.35. The maximum atomic E-state index is 12.7. The van der Waals surface area contributed by atoms with Crippen molar-refractivity contribution in [3.63, 3.8) is 0 Å². The highest BCUT2D eigenvalue weighted by Gasteiger charge is 2.38. The van der Waals surface area contributed by atoms with Crippen molar-refractivity contribution in [1.29, 1.82) is 0 Å². The highest BCUT2D eigenvalue weighted by molar-refractivity contribution is 5.87. The number of nitrogens with one attached hydrogen (secondary N) is 1. The molecule has 0 unspecified atom stereocenters. The summed E-state index contributed by atoms with van der Waals surface area (Å²) in [4.78, 5) is 15.4. The molecule has 4 rings (SSSR count). The topological polar surface area (TPSA) is 73.0 Å². The molecule has 9 heteroatoms. The van der Waals surface area contributed by atoms with E-state index >= 15 is 0 Å². The minimum atomic E-state index is -4.67. The third-order valence-corrected chi connectivity index (χ3v) is 5.13. The van der Waals surface area contributed by atoms with E-state index in [1.165, 1.54) is 0 Å². The maximum absolute atomic E-state index is 12.7. The molecule has 1 fully saturated rings. The van der Waals surface area contributed by atoms with Gasteiger partial charge in [-0.15, -0.1) is 0 Å². The number of amides is 1. The third kappa shape index (κ3) is 3.48. The normalized spacial score (nSPS) is 15.0. The number of rotatable bonds is 5. The van der Waals surface area contributed by atoms with Gasteiger partial charge in [0.15, 0.2) is 0 Å². The number of nitrogens with zero attached hydrogens (tertiary/aromatic N) is 3. The van der Waals surface area contributed by atoms with Gasteiger partial charge in [0.2, 0.25) is 11.7 Å². The minimum Gasteiger partial charge on any atom is -0.354 e. The molecule has 0 bridgehead atoms. The molecule has 1 aliphatic rings. The summed E-state index contributed by atoms with van der Waals surface area (Å²) in [6, 6.07) is 5.23. The molecule has 0 atom stereocenters. The average molecular weight is 392 g/mol. The van der Waals surface area contributed by atoms with Crippen LogP contribution in [0.5, 0.6) is 0 Å². The van der Waals surface area contributed by atoms with E-state index in [0.717, 1.165) is 35.7 Å². The van der Waals surface area contributed by atoms with Gasteiger partial charge in [-0.2, -0.15) is 18.2 Å². The van der Waals surface area contributed by atoms with Gasteiger partial charge in [-0.25, -0.2) is 0 Å². The van der Waals surface area contributed by atoms with Gasteiger partial charge >= 0.3 is 12.1 Å². The molecule has 28 heavy (non-hydrogen) atoms. The zero-order valence-electron chi connectivity index (χ0n) is 15.2. The number of hydrogen-bond donors (Lipinski definition) is 1. The van der Waals surface area contributed by atoms with E-state index < -0.39 is 12.1 Å². The predicted molar refractivity (Wildman–Crippen MR) is 95.3 cm³/mol. The first kappa shape index (κ1) is 18.5. The van der Waals surface area contributed by atoms with Crippen LogP contribution in [0.1, 0.15) is 30.7 Å². The molecule has 1 aromatic carbocycles. The molecule has 0 saturated heterocycles. The van der Waals surface area contributed by atoms with Crippen LogP contribution in [0.3, 0.4) is 0 Å². The van der Waals surface area contributed by atoms with Crippen molar-refractivity contribution in [2.75, 3.05) is 6.54 Å². The van der Waals surface area contributed by atoms with Gasteiger partial charge in [-0.3, -0.25) is 4.79 Å². The fourth-order valence-corrected chi connectivity index (χ4v) is 3.37. The van der Waals surface area contributed by atoms with E-state index in [1.807, 2.05) is 23.8 Å². The fourth-order valence-electron chi connectivity index (χ4n) is 3.37. The Morgan fingerprint density at radius 3 is 2.79 bits per heavy atom. The molecule has 1 amide bonds. The summed E-state index contributed by atoms with van der Waals surface area (Å²) in [7, 11) is 0. The van der Waals surface area contributed by atoms with Gasteiger partial charge in [0, 0.05) is 41.7 Å². The summed E-state index contributed by atoms with van der Waals surface area (Å²) in [5, 5.41) is 7.29. The predicted octanol–water partition coefficient (Wildman–Crippen LogP) is 3.93. The third-order valence-electron chi connectivity index (χ3n) is 5.13. The van der Waals surface area contributed by atoms with Crippen molar-refractivity contribution in [1.82, 2.24) is 20.0 Å². The number of alkyl halides is 3. The Hall–Kier alpha value is -2.84. The Labute approximate surface area is 158 Å². The van der Waals surface area contributed by atoms with E-state index in [0.29, 0.717) is 18.7 Å². The molecule has 6 nitrogen and oxygen atoms in total. The molecule has 1 N–H and O–H groups in total. The Kier molecular flexibility index (Phi) is 4.60. The van der Waals surface area contributed by atoms with E-state index in [4.69, 9.17) is 0 Å². The van der Waals surface area contributed by atoms with Crippen LogP contribution < -0.4 is 5.32 Å². The molecule has 148 valence electrons. The lowest BCUT2D eigenvalue weighted by molar-refractivity contribution is -0.159. The van der Waals surface area contributed by atoms with E-state index in [9.17, 15) is 18.0 Å². The van der Waals surface area contributed by atoms with Crippen LogP contribution in [0.4, 0.5) is 13.2 Å². The molecule has 0 spiro atoms. The molecule has 2 heterocycles. The lowest BCUT2D eigenvalue weighted by Gasteiger charge is -2.24. The Balaban J connectivity index is 1.51. The Morgan fingerprint density at radius 1 is 1.36 bits per heavy atom. The number of aryl methyl sites for hydroxylation is 1. The fraction of sp³-hybridized carbons (Fsp3) is 0.421. The average Bonchev–Trinajstić information content (AvgIpc) is 3.19. The van der Waals surface area contributed by atoms with E-state index in [2.05, 4.69) is 20.0 Å². The SMILES string of the molecule is Cc1cn(CCNC(=O)C2CCC2)c2ccc(-c3noc(C(F)(F)F)n3)cc12. The van der Waals surface area contributed by atoms with Gasteiger partial charge in [-0.1, -0.05) is 11.6 Å². The van der Waals surface area contributed by atoms with Crippen LogP contribution in [0.25, 0.3) is 22.3 Å². The zero-order chi connectivity index (χ0) is 19.9. The number of aromatic nitrogens is 3. The summed E-state index contributed by atoms with van der Waals surface area (Å²) >= 11 is 0. The van der Waals surface area contributed by atoms with Gasteiger partial charge in [-0.05, 0) is 43.5 Å². The monoisotopic (exact) mass is 392 g/mol. The van der Waals surface area contributed by atoms with Crippen LogP contribution in [0, 0.1) is 12.8 Å². The molecule has 1 saturated carbocycles. The highest BCUT2D eigenvalue weighted by Crippen LogP contribution is 2.31. The number of halogens is 3. The second kappa shape index (κ2) is 6.96. The quantitative estimate of drug-likeness (QED) is 0.714. The zero-order valence-corrected chi connectivity index (χ0v) is 15.2. The number of fused-ring (bicyclic) bond motifs is 1. The van der Waals surface area contributed by atoms with Crippen LogP contribution >= 0.6 is 0 Å². The van der Waals surface area contributed by atoms with Gasteiger partial charge in [0.1, 0.15) is 0 Å². The first-order valence-electron chi connectivity index (χ1n) is 9.11. The first-order valence-corrected chi connectivity index (χ1v) is 9.11. The number of carbonyl (C=O) groups excluding carboxylic acids is 1. The molecule has 0 aliphatic heterocycles. The Bertz CT molecular complexity index is 1020. The maximum Gasteiger partial charge on any atom is 0.471 e. The first-order chi connectivity index (χ1) is 13.3. The van der Waals surface area contributed by atoms with Crippen molar-refractivity contribution in [2.24, 2.45) is 5.92 Å². The smallest absolute Gasteiger partial charge is 0.354 e. The summed E-state index contributed by atoms with van der Waals surface area (Å²) < 4.78 is 44.3. The standard InChI is InChI=1S/C19H19F3N4O2/c1-11-10-26(8-7-23-17(27)12-3-2-4-12)15-6-5-13(9-14(11)15)16-24-18(28-25-16)19(20,21)22/h5-6,9-10,12H,2-4,7-8H2,1H3,(H,23,27). The van der Waals surface area contributed by atoms with Crippen LogP contribution in [-0.2, 0) is 17.5 Å². The van der Waals surface area contributed by atoms with Crippen LogP contribution in [0.2, 0.25) is 0 Å². The van der Waals surface area contributed by atoms with Crippen LogP contribution in [-0.4, -0.2) is 27.2 Å². The molecular formula is C19H19F3N4O2. The van der Waals surface area contributed by atoms with Crippen LogP contribution in [0.15, 0.2) is 28.9 Å². The van der Waals surface area contributed by atoms with Crippen molar-refractivity contribution in [3.8, 4) is 11.4 Å². The summed E-state index contributed by atoms with van der Waals surface area (Å²) in [6.45, 7) is 3.07. The number of benzene rings is 1. The van der Waals surface area contributed by atoms with Crippen molar-refractivity contribution in [3.05, 3.63) is 35.9 Å². The largest absolute Gasteiger partial charge is 0.471 e. The van der Waals surface area contributed by atoms with Crippen molar-refractivity contribution in [2.45, 2.75) is 38.9 Å². The lowest BCUT2D eigenvalue weighted by Crippen LogP contribution is -2.36. The lowest BCUT2D eigenvalue weighted by atomic mass is 9.85. The second-order valence-corrected chi connectivity index (χ2v) is 7.08. The molecule has 0 radical (unpaired) electrons. The van der Waals surface area contributed by atoms with E-state index in [1.54, 1.807) is 12.1 Å².